The highest BCUT2D eigenvalue weighted by atomic mass is 14.9. The first-order valence-electron chi connectivity index (χ1n) is 9.06. The van der Waals surface area contributed by atoms with E-state index in [1.54, 1.807) is 5.56 Å². The van der Waals surface area contributed by atoms with Gasteiger partial charge in [0.25, 0.3) is 0 Å². The van der Waals surface area contributed by atoms with Gasteiger partial charge in [0.15, 0.2) is 0 Å². The number of nitrogens with one attached hydrogen (secondary N) is 1. The van der Waals surface area contributed by atoms with Gasteiger partial charge in [-0.2, -0.15) is 0 Å². The van der Waals surface area contributed by atoms with Gasteiger partial charge in [-0.1, -0.05) is 82.2 Å². The molecule has 1 unspecified atom stereocenters. The van der Waals surface area contributed by atoms with Crippen molar-refractivity contribution in [2.24, 2.45) is 0 Å². The zero-order chi connectivity index (χ0) is 15.0. The molecule has 1 saturated carbocycles. The molecule has 1 atom stereocenters. The summed E-state index contributed by atoms with van der Waals surface area (Å²) >= 11 is 0. The molecule has 1 N–H and O–H groups in total. The Balaban J connectivity index is 2.13. The van der Waals surface area contributed by atoms with Crippen LogP contribution in [0.4, 0.5) is 0 Å². The van der Waals surface area contributed by atoms with Crippen LogP contribution >= 0.6 is 0 Å². The van der Waals surface area contributed by atoms with Crippen molar-refractivity contribution >= 4 is 0 Å². The number of benzene rings is 1. The van der Waals surface area contributed by atoms with Gasteiger partial charge in [-0.25, -0.2) is 0 Å². The van der Waals surface area contributed by atoms with Crippen molar-refractivity contribution in [1.29, 1.82) is 0 Å². The number of hydrogen-bond acceptors (Lipinski definition) is 1. The smallest absolute Gasteiger partial charge is 0.0161 e. The van der Waals surface area contributed by atoms with Gasteiger partial charge in [-0.05, 0) is 31.9 Å². The average molecular weight is 287 g/mol. The molecule has 0 aromatic heterocycles. The van der Waals surface area contributed by atoms with Gasteiger partial charge in [0.1, 0.15) is 0 Å². The van der Waals surface area contributed by atoms with Crippen LogP contribution in [-0.2, 0) is 5.41 Å². The fourth-order valence-corrected chi connectivity index (χ4v) is 4.26. The van der Waals surface area contributed by atoms with E-state index in [4.69, 9.17) is 0 Å². The van der Waals surface area contributed by atoms with Crippen molar-refractivity contribution in [2.45, 2.75) is 82.6 Å². The Morgan fingerprint density at radius 2 is 1.71 bits per heavy atom. The van der Waals surface area contributed by atoms with Crippen LogP contribution in [0.3, 0.4) is 0 Å². The molecule has 1 aliphatic carbocycles. The van der Waals surface area contributed by atoms with E-state index in [9.17, 15) is 0 Å². The molecule has 1 aromatic carbocycles. The fraction of sp³-hybridized carbons (Fsp3) is 0.700. The van der Waals surface area contributed by atoms with Crippen LogP contribution in [0, 0.1) is 0 Å². The van der Waals surface area contributed by atoms with E-state index < -0.39 is 0 Å². The molecular weight excluding hydrogens is 254 g/mol. The van der Waals surface area contributed by atoms with Gasteiger partial charge >= 0.3 is 0 Å². The van der Waals surface area contributed by atoms with Crippen molar-refractivity contribution in [3.8, 4) is 0 Å². The SMILES string of the molecule is CCCCCCC(NC)C1(c2ccccc2)CCCCC1. The van der Waals surface area contributed by atoms with Gasteiger partial charge in [0.05, 0.1) is 0 Å². The van der Waals surface area contributed by atoms with Crippen molar-refractivity contribution in [3.05, 3.63) is 35.9 Å². The minimum Gasteiger partial charge on any atom is -0.316 e. The minimum atomic E-state index is 0.375. The van der Waals surface area contributed by atoms with E-state index in [0.29, 0.717) is 11.5 Å². The predicted octanol–water partition coefficient (Wildman–Crippen LogP) is 5.45. The normalized spacial score (nSPS) is 19.3. The van der Waals surface area contributed by atoms with E-state index >= 15 is 0 Å². The topological polar surface area (TPSA) is 12.0 Å². The Bertz CT molecular complexity index is 378. The summed E-state index contributed by atoms with van der Waals surface area (Å²) in [6.45, 7) is 2.29. The van der Waals surface area contributed by atoms with Crippen LogP contribution in [0.25, 0.3) is 0 Å². The van der Waals surface area contributed by atoms with E-state index in [-0.39, 0.29) is 0 Å². The molecule has 2 rings (SSSR count). The molecule has 1 aliphatic rings. The summed E-state index contributed by atoms with van der Waals surface area (Å²) in [6, 6.07) is 11.9. The summed E-state index contributed by atoms with van der Waals surface area (Å²) in [4.78, 5) is 0. The summed E-state index contributed by atoms with van der Waals surface area (Å²) in [7, 11) is 2.17. The van der Waals surface area contributed by atoms with Crippen molar-refractivity contribution < 1.29 is 0 Å². The number of unbranched alkanes of at least 4 members (excludes halogenated alkanes) is 3. The molecule has 0 amide bonds. The number of likely N-dealkylation sites (N-methyl/N-ethyl adjacent to an activating group) is 1. The lowest BCUT2D eigenvalue weighted by molar-refractivity contribution is 0.207. The second kappa shape index (κ2) is 8.58. The predicted molar refractivity (Wildman–Crippen MR) is 92.8 cm³/mol. The van der Waals surface area contributed by atoms with Crippen LogP contribution in [0.15, 0.2) is 30.3 Å². The molecule has 118 valence electrons. The summed E-state index contributed by atoms with van der Waals surface area (Å²) in [6.07, 6.45) is 13.7. The van der Waals surface area contributed by atoms with Crippen molar-refractivity contribution in [3.63, 3.8) is 0 Å². The lowest BCUT2D eigenvalue weighted by Gasteiger charge is -2.44. The Morgan fingerprint density at radius 1 is 1.00 bits per heavy atom. The molecule has 0 heterocycles. The van der Waals surface area contributed by atoms with E-state index in [1.165, 1.54) is 64.2 Å². The fourth-order valence-electron chi connectivity index (χ4n) is 4.26. The quantitative estimate of drug-likeness (QED) is 0.627. The molecule has 0 aliphatic heterocycles. The Labute approximate surface area is 131 Å². The van der Waals surface area contributed by atoms with Gasteiger partial charge < -0.3 is 5.32 Å². The Morgan fingerprint density at radius 3 is 2.33 bits per heavy atom. The lowest BCUT2D eigenvalue weighted by atomic mass is 9.64. The standard InChI is InChI=1S/C20H33N/c1-3-4-5-10-15-19(21-2)20(16-11-7-12-17-20)18-13-8-6-9-14-18/h6,8-9,13-14,19,21H,3-5,7,10-12,15-17H2,1-2H3. The molecule has 1 heteroatoms. The van der Waals surface area contributed by atoms with Crippen LogP contribution < -0.4 is 5.32 Å². The highest BCUT2D eigenvalue weighted by Gasteiger charge is 2.39. The molecule has 1 nitrogen and oxygen atoms in total. The van der Waals surface area contributed by atoms with Crippen molar-refractivity contribution in [2.75, 3.05) is 7.05 Å². The maximum Gasteiger partial charge on any atom is 0.0161 e. The van der Waals surface area contributed by atoms with E-state index in [2.05, 4.69) is 49.6 Å². The third-order valence-electron chi connectivity index (χ3n) is 5.46. The second-order valence-electron chi connectivity index (χ2n) is 6.77. The maximum absolute atomic E-state index is 3.69. The monoisotopic (exact) mass is 287 g/mol. The summed E-state index contributed by atoms with van der Waals surface area (Å²) < 4.78 is 0. The van der Waals surface area contributed by atoms with Gasteiger partial charge in [-0.15, -0.1) is 0 Å². The number of hydrogen-bond donors (Lipinski definition) is 1. The second-order valence-corrected chi connectivity index (χ2v) is 6.77. The van der Waals surface area contributed by atoms with Crippen LogP contribution in [-0.4, -0.2) is 13.1 Å². The maximum atomic E-state index is 3.69. The van der Waals surface area contributed by atoms with Gasteiger partial charge in [-0.3, -0.25) is 0 Å². The molecule has 1 aromatic rings. The van der Waals surface area contributed by atoms with Crippen LogP contribution in [0.5, 0.6) is 0 Å². The zero-order valence-electron chi connectivity index (χ0n) is 14.0. The zero-order valence-corrected chi connectivity index (χ0v) is 14.0. The van der Waals surface area contributed by atoms with Crippen molar-refractivity contribution in [1.82, 2.24) is 5.32 Å². The first-order chi connectivity index (χ1) is 10.3. The van der Waals surface area contributed by atoms with E-state index in [0.717, 1.165) is 0 Å². The molecular formula is C20H33N. The largest absolute Gasteiger partial charge is 0.316 e. The first-order valence-corrected chi connectivity index (χ1v) is 9.06. The average Bonchev–Trinajstić information content (AvgIpc) is 2.56. The molecule has 0 radical (unpaired) electrons. The first kappa shape index (κ1) is 16.5. The molecule has 21 heavy (non-hydrogen) atoms. The van der Waals surface area contributed by atoms with E-state index in [1.807, 2.05) is 0 Å². The summed E-state index contributed by atoms with van der Waals surface area (Å²) in [5, 5.41) is 3.69. The van der Waals surface area contributed by atoms with Crippen LogP contribution in [0.2, 0.25) is 0 Å². The third kappa shape index (κ3) is 4.10. The Hall–Kier alpha value is -0.820. The highest BCUT2D eigenvalue weighted by Crippen LogP contribution is 2.43. The number of rotatable bonds is 8. The lowest BCUT2D eigenvalue weighted by Crippen LogP contribution is -2.48. The van der Waals surface area contributed by atoms with Gasteiger partial charge in [0, 0.05) is 11.5 Å². The molecule has 0 spiro atoms. The highest BCUT2D eigenvalue weighted by molar-refractivity contribution is 5.28. The third-order valence-corrected chi connectivity index (χ3v) is 5.46. The minimum absolute atomic E-state index is 0.375. The summed E-state index contributed by atoms with van der Waals surface area (Å²) in [5.74, 6) is 0. The summed E-state index contributed by atoms with van der Waals surface area (Å²) in [5.41, 5.74) is 1.94. The Kier molecular flexibility index (Phi) is 6.76. The molecule has 0 saturated heterocycles. The van der Waals surface area contributed by atoms with Crippen LogP contribution in [0.1, 0.15) is 76.7 Å². The molecule has 1 fully saturated rings. The molecule has 0 bridgehead atoms. The van der Waals surface area contributed by atoms with Gasteiger partial charge in [0.2, 0.25) is 0 Å².